The predicted octanol–water partition coefficient (Wildman–Crippen LogP) is 3.94. The van der Waals surface area contributed by atoms with E-state index in [1.54, 1.807) is 42.5 Å². The van der Waals surface area contributed by atoms with Crippen LogP contribution in [0, 0.1) is 11.6 Å². The summed E-state index contributed by atoms with van der Waals surface area (Å²) < 4.78 is 31.9. The number of nitrogens with zero attached hydrogens (tertiary/aromatic N) is 2. The standard InChI is InChI=1S/C20H14F2N4O2/c21-13-7-5-12(6-8-13)17-10-18(25-24-17)20(27)23-11-14-9-19(28-26-14)15-3-1-2-4-16(15)22/h1-10H,11H2,(H,23,27)(H,24,25). The lowest BCUT2D eigenvalue weighted by Crippen LogP contribution is -2.23. The Morgan fingerprint density at radius 1 is 1.07 bits per heavy atom. The second-order valence-corrected chi connectivity index (χ2v) is 6.02. The SMILES string of the molecule is O=C(NCc1cc(-c2ccccc2F)on1)c1cc(-c2ccc(F)cc2)n[nH]1. The minimum absolute atomic E-state index is 0.0989. The zero-order chi connectivity index (χ0) is 19.5. The molecule has 2 heterocycles. The topological polar surface area (TPSA) is 83.8 Å². The van der Waals surface area contributed by atoms with Gasteiger partial charge < -0.3 is 9.84 Å². The molecule has 140 valence electrons. The number of hydrogen-bond donors (Lipinski definition) is 2. The lowest BCUT2D eigenvalue weighted by Gasteiger charge is -1.99. The van der Waals surface area contributed by atoms with Crippen LogP contribution in [0.3, 0.4) is 0 Å². The molecule has 4 rings (SSSR count). The van der Waals surface area contributed by atoms with Crippen LogP contribution in [-0.4, -0.2) is 21.3 Å². The van der Waals surface area contributed by atoms with E-state index >= 15 is 0 Å². The largest absolute Gasteiger partial charge is 0.356 e. The van der Waals surface area contributed by atoms with Gasteiger partial charge in [-0.05, 0) is 42.5 Å². The average molecular weight is 380 g/mol. The number of H-pyrrole nitrogens is 1. The Hall–Kier alpha value is -3.81. The van der Waals surface area contributed by atoms with Crippen molar-refractivity contribution < 1.29 is 18.1 Å². The van der Waals surface area contributed by atoms with Gasteiger partial charge in [0.1, 0.15) is 23.0 Å². The minimum atomic E-state index is -0.417. The zero-order valence-electron chi connectivity index (χ0n) is 14.4. The minimum Gasteiger partial charge on any atom is -0.356 e. The van der Waals surface area contributed by atoms with E-state index in [0.717, 1.165) is 0 Å². The van der Waals surface area contributed by atoms with Crippen LogP contribution < -0.4 is 5.32 Å². The molecule has 0 spiro atoms. The Kier molecular flexibility index (Phi) is 4.67. The van der Waals surface area contributed by atoms with Gasteiger partial charge in [0.15, 0.2) is 5.76 Å². The van der Waals surface area contributed by atoms with Gasteiger partial charge in [0.2, 0.25) is 0 Å². The predicted molar refractivity (Wildman–Crippen MR) is 97.0 cm³/mol. The Labute approximate surface area is 158 Å². The van der Waals surface area contributed by atoms with Crippen molar-refractivity contribution in [1.29, 1.82) is 0 Å². The molecule has 0 unspecified atom stereocenters. The summed E-state index contributed by atoms with van der Waals surface area (Å²) in [6.07, 6.45) is 0. The third-order valence-electron chi connectivity index (χ3n) is 4.09. The van der Waals surface area contributed by atoms with Crippen LogP contribution in [0.15, 0.2) is 65.2 Å². The van der Waals surface area contributed by atoms with E-state index in [2.05, 4.69) is 20.7 Å². The van der Waals surface area contributed by atoms with E-state index in [1.165, 1.54) is 18.2 Å². The number of carbonyl (C=O) groups is 1. The molecule has 0 saturated carbocycles. The molecule has 0 radical (unpaired) electrons. The summed E-state index contributed by atoms with van der Waals surface area (Å²) in [7, 11) is 0. The fourth-order valence-electron chi connectivity index (χ4n) is 2.66. The van der Waals surface area contributed by atoms with Gasteiger partial charge in [0.25, 0.3) is 5.91 Å². The van der Waals surface area contributed by atoms with Gasteiger partial charge in [-0.2, -0.15) is 5.10 Å². The molecule has 0 bridgehead atoms. The molecule has 6 nitrogen and oxygen atoms in total. The number of aromatic nitrogens is 3. The van der Waals surface area contributed by atoms with E-state index in [9.17, 15) is 13.6 Å². The molecule has 4 aromatic rings. The summed E-state index contributed by atoms with van der Waals surface area (Å²) in [5.41, 5.74) is 2.20. The summed E-state index contributed by atoms with van der Waals surface area (Å²) in [6.45, 7) is 0.0989. The number of hydrogen-bond acceptors (Lipinski definition) is 4. The zero-order valence-corrected chi connectivity index (χ0v) is 14.4. The van der Waals surface area contributed by atoms with Gasteiger partial charge in [-0.3, -0.25) is 9.89 Å². The van der Waals surface area contributed by atoms with Crippen LogP contribution in [0.25, 0.3) is 22.6 Å². The normalized spacial score (nSPS) is 10.8. The van der Waals surface area contributed by atoms with E-state index < -0.39 is 11.7 Å². The first-order valence-corrected chi connectivity index (χ1v) is 8.40. The van der Waals surface area contributed by atoms with Crippen LogP contribution in [0.4, 0.5) is 8.78 Å². The third kappa shape index (κ3) is 3.66. The fourth-order valence-corrected chi connectivity index (χ4v) is 2.66. The van der Waals surface area contributed by atoms with Gasteiger partial charge in [-0.15, -0.1) is 0 Å². The molecule has 8 heteroatoms. The maximum absolute atomic E-state index is 13.8. The lowest BCUT2D eigenvalue weighted by molar-refractivity contribution is 0.0945. The highest BCUT2D eigenvalue weighted by atomic mass is 19.1. The van der Waals surface area contributed by atoms with E-state index in [-0.39, 0.29) is 23.8 Å². The lowest BCUT2D eigenvalue weighted by atomic mass is 10.1. The van der Waals surface area contributed by atoms with Crippen LogP contribution >= 0.6 is 0 Å². The summed E-state index contributed by atoms with van der Waals surface area (Å²) >= 11 is 0. The highest BCUT2D eigenvalue weighted by molar-refractivity contribution is 5.93. The number of nitrogens with one attached hydrogen (secondary N) is 2. The van der Waals surface area contributed by atoms with Gasteiger partial charge in [-0.1, -0.05) is 17.3 Å². The molecule has 0 aliphatic heterocycles. The van der Waals surface area contributed by atoms with Crippen LogP contribution in [0.5, 0.6) is 0 Å². The second kappa shape index (κ2) is 7.43. The Bertz CT molecular complexity index is 1120. The molecular formula is C20H14F2N4O2. The number of carbonyl (C=O) groups excluding carboxylic acids is 1. The van der Waals surface area contributed by atoms with E-state index in [0.29, 0.717) is 22.5 Å². The summed E-state index contributed by atoms with van der Waals surface area (Å²) in [5.74, 6) is -0.876. The molecule has 2 aromatic heterocycles. The summed E-state index contributed by atoms with van der Waals surface area (Å²) in [6, 6.07) is 15.1. The molecule has 0 aliphatic carbocycles. The highest BCUT2D eigenvalue weighted by Crippen LogP contribution is 2.23. The highest BCUT2D eigenvalue weighted by Gasteiger charge is 2.14. The van der Waals surface area contributed by atoms with Gasteiger partial charge in [0.05, 0.1) is 17.8 Å². The quantitative estimate of drug-likeness (QED) is 0.549. The first-order valence-electron chi connectivity index (χ1n) is 8.40. The fraction of sp³-hybridized carbons (Fsp3) is 0.0500. The number of halogens is 2. The molecule has 0 aliphatic rings. The number of rotatable bonds is 5. The van der Waals surface area contributed by atoms with Gasteiger partial charge >= 0.3 is 0 Å². The first-order chi connectivity index (χ1) is 13.6. The molecule has 28 heavy (non-hydrogen) atoms. The number of aromatic amines is 1. The van der Waals surface area contributed by atoms with Crippen molar-refractivity contribution in [2.75, 3.05) is 0 Å². The Morgan fingerprint density at radius 2 is 1.86 bits per heavy atom. The van der Waals surface area contributed by atoms with Crippen LogP contribution in [0.2, 0.25) is 0 Å². The van der Waals surface area contributed by atoms with Crippen molar-refractivity contribution in [2.45, 2.75) is 6.54 Å². The second-order valence-electron chi connectivity index (χ2n) is 6.02. The van der Waals surface area contributed by atoms with Crippen molar-refractivity contribution in [3.05, 3.63) is 83.7 Å². The van der Waals surface area contributed by atoms with Crippen LogP contribution in [-0.2, 0) is 6.54 Å². The molecule has 0 saturated heterocycles. The van der Waals surface area contributed by atoms with E-state index in [4.69, 9.17) is 4.52 Å². The van der Waals surface area contributed by atoms with Crippen molar-refractivity contribution in [1.82, 2.24) is 20.7 Å². The maximum atomic E-state index is 13.8. The maximum Gasteiger partial charge on any atom is 0.269 e. The van der Waals surface area contributed by atoms with Crippen molar-refractivity contribution >= 4 is 5.91 Å². The smallest absolute Gasteiger partial charge is 0.269 e. The number of benzene rings is 2. The first kappa shape index (κ1) is 17.6. The van der Waals surface area contributed by atoms with Crippen molar-refractivity contribution in [2.24, 2.45) is 0 Å². The van der Waals surface area contributed by atoms with Gasteiger partial charge in [0, 0.05) is 11.6 Å². The molecule has 1 amide bonds. The Morgan fingerprint density at radius 3 is 2.64 bits per heavy atom. The molecule has 0 atom stereocenters. The van der Waals surface area contributed by atoms with E-state index in [1.807, 2.05) is 0 Å². The summed E-state index contributed by atoms with van der Waals surface area (Å²) in [5, 5.41) is 13.2. The molecular weight excluding hydrogens is 366 g/mol. The third-order valence-corrected chi connectivity index (χ3v) is 4.09. The monoisotopic (exact) mass is 380 g/mol. The van der Waals surface area contributed by atoms with Crippen molar-refractivity contribution in [3.8, 4) is 22.6 Å². The van der Waals surface area contributed by atoms with Crippen LogP contribution in [0.1, 0.15) is 16.2 Å². The molecule has 2 N–H and O–H groups in total. The molecule has 0 fully saturated rings. The average Bonchev–Trinajstić information content (AvgIpc) is 3.37. The van der Waals surface area contributed by atoms with Gasteiger partial charge in [-0.25, -0.2) is 8.78 Å². The Balaban J connectivity index is 1.41. The molecule has 2 aromatic carbocycles. The van der Waals surface area contributed by atoms with Crippen molar-refractivity contribution in [3.63, 3.8) is 0 Å². The number of amides is 1. The summed E-state index contributed by atoms with van der Waals surface area (Å²) in [4.78, 5) is 12.3.